The van der Waals surface area contributed by atoms with Gasteiger partial charge in [-0.15, -0.1) is 11.8 Å². The van der Waals surface area contributed by atoms with Crippen molar-refractivity contribution in [3.63, 3.8) is 0 Å². The van der Waals surface area contributed by atoms with Gasteiger partial charge < -0.3 is 11.1 Å². The van der Waals surface area contributed by atoms with E-state index >= 15 is 0 Å². The molecule has 0 radical (unpaired) electrons. The highest BCUT2D eigenvalue weighted by Gasteiger charge is 2.08. The summed E-state index contributed by atoms with van der Waals surface area (Å²) in [5.41, 5.74) is 6.29. The van der Waals surface area contributed by atoms with Crippen molar-refractivity contribution in [2.45, 2.75) is 4.90 Å². The molecular formula is C12H19N3OS. The van der Waals surface area contributed by atoms with Gasteiger partial charge >= 0.3 is 0 Å². The van der Waals surface area contributed by atoms with Gasteiger partial charge in [0.05, 0.1) is 12.2 Å². The van der Waals surface area contributed by atoms with Gasteiger partial charge in [0.1, 0.15) is 0 Å². The molecule has 17 heavy (non-hydrogen) atoms. The van der Waals surface area contributed by atoms with Crippen molar-refractivity contribution >= 4 is 23.4 Å². The summed E-state index contributed by atoms with van der Waals surface area (Å²) in [6.07, 6.45) is 1.99. The Balaban J connectivity index is 2.55. The lowest BCUT2D eigenvalue weighted by molar-refractivity contribution is -0.117. The lowest BCUT2D eigenvalue weighted by Crippen LogP contribution is -2.33. The fraction of sp³-hybridized carbons (Fsp3) is 0.417. The van der Waals surface area contributed by atoms with Crippen LogP contribution in [0.4, 0.5) is 5.69 Å². The quantitative estimate of drug-likeness (QED) is 0.749. The average Bonchev–Trinajstić information content (AvgIpc) is 2.29. The van der Waals surface area contributed by atoms with E-state index in [0.29, 0.717) is 13.1 Å². The number of rotatable bonds is 6. The van der Waals surface area contributed by atoms with Crippen LogP contribution in [-0.2, 0) is 4.79 Å². The molecule has 0 aliphatic carbocycles. The first-order valence-corrected chi connectivity index (χ1v) is 6.71. The van der Waals surface area contributed by atoms with Crippen LogP contribution in [0.25, 0.3) is 0 Å². The van der Waals surface area contributed by atoms with Gasteiger partial charge in [0.25, 0.3) is 0 Å². The average molecular weight is 253 g/mol. The number of likely N-dealkylation sites (N-methyl/N-ethyl adjacent to an activating group) is 1. The summed E-state index contributed by atoms with van der Waals surface area (Å²) in [5.74, 6) is -0.0116. The molecule has 3 N–H and O–H groups in total. The van der Waals surface area contributed by atoms with Crippen molar-refractivity contribution in [2.75, 3.05) is 38.3 Å². The van der Waals surface area contributed by atoms with E-state index < -0.39 is 0 Å². The van der Waals surface area contributed by atoms with E-state index in [-0.39, 0.29) is 5.91 Å². The third kappa shape index (κ3) is 4.77. The zero-order valence-corrected chi connectivity index (χ0v) is 11.1. The highest BCUT2D eigenvalue weighted by Crippen LogP contribution is 2.24. The van der Waals surface area contributed by atoms with Gasteiger partial charge in [0.15, 0.2) is 0 Å². The van der Waals surface area contributed by atoms with Crippen LogP contribution in [0, 0.1) is 0 Å². The van der Waals surface area contributed by atoms with E-state index in [4.69, 9.17) is 5.73 Å². The minimum absolute atomic E-state index is 0.0116. The number of hydrogen-bond acceptors (Lipinski definition) is 4. The number of para-hydroxylation sites is 1. The number of carbonyl (C=O) groups is 1. The van der Waals surface area contributed by atoms with E-state index in [2.05, 4.69) is 5.32 Å². The third-order valence-electron chi connectivity index (χ3n) is 2.31. The summed E-state index contributed by atoms with van der Waals surface area (Å²) in [5, 5.41) is 2.91. The molecule has 0 saturated heterocycles. The van der Waals surface area contributed by atoms with Crippen molar-refractivity contribution in [3.8, 4) is 0 Å². The van der Waals surface area contributed by atoms with Crippen LogP contribution < -0.4 is 11.1 Å². The molecule has 1 aromatic carbocycles. The van der Waals surface area contributed by atoms with Crippen LogP contribution in [0.5, 0.6) is 0 Å². The SMILES string of the molecule is CSc1ccccc1NC(=O)CN(C)CCN. The van der Waals surface area contributed by atoms with Crippen LogP contribution in [0.2, 0.25) is 0 Å². The molecule has 0 aliphatic heterocycles. The Morgan fingerprint density at radius 3 is 2.82 bits per heavy atom. The second kappa shape index (κ2) is 7.32. The molecule has 5 heteroatoms. The molecule has 0 atom stereocenters. The van der Waals surface area contributed by atoms with Gasteiger partial charge in [-0.2, -0.15) is 0 Å². The van der Waals surface area contributed by atoms with Gasteiger partial charge in [0, 0.05) is 18.0 Å². The van der Waals surface area contributed by atoms with Gasteiger partial charge in [-0.3, -0.25) is 9.69 Å². The van der Waals surface area contributed by atoms with Crippen molar-refractivity contribution in [1.82, 2.24) is 4.90 Å². The number of nitrogens with two attached hydrogens (primary N) is 1. The summed E-state index contributed by atoms with van der Waals surface area (Å²) in [7, 11) is 1.88. The topological polar surface area (TPSA) is 58.4 Å². The molecule has 0 aromatic heterocycles. The Kier molecular flexibility index (Phi) is 6.04. The Morgan fingerprint density at radius 1 is 1.47 bits per heavy atom. The summed E-state index contributed by atoms with van der Waals surface area (Å²) in [4.78, 5) is 14.7. The van der Waals surface area contributed by atoms with E-state index in [1.54, 1.807) is 11.8 Å². The van der Waals surface area contributed by atoms with Crippen LogP contribution in [0.1, 0.15) is 0 Å². The molecule has 1 aromatic rings. The molecule has 0 spiro atoms. The van der Waals surface area contributed by atoms with Gasteiger partial charge in [0.2, 0.25) is 5.91 Å². The largest absolute Gasteiger partial charge is 0.329 e. The van der Waals surface area contributed by atoms with E-state index in [1.807, 2.05) is 42.5 Å². The molecule has 94 valence electrons. The fourth-order valence-electron chi connectivity index (χ4n) is 1.48. The molecule has 0 unspecified atom stereocenters. The molecule has 1 rings (SSSR count). The van der Waals surface area contributed by atoms with Crippen molar-refractivity contribution in [2.24, 2.45) is 5.73 Å². The summed E-state index contributed by atoms with van der Waals surface area (Å²) in [6, 6.07) is 7.78. The van der Waals surface area contributed by atoms with Crippen LogP contribution in [0.3, 0.4) is 0 Å². The zero-order chi connectivity index (χ0) is 12.7. The molecule has 4 nitrogen and oxygen atoms in total. The van der Waals surface area contributed by atoms with Gasteiger partial charge in [-0.25, -0.2) is 0 Å². The number of nitrogens with one attached hydrogen (secondary N) is 1. The third-order valence-corrected chi connectivity index (χ3v) is 3.10. The van der Waals surface area contributed by atoms with Crippen molar-refractivity contribution in [3.05, 3.63) is 24.3 Å². The Hall–Kier alpha value is -1.04. The normalized spacial score (nSPS) is 10.6. The number of nitrogens with zero attached hydrogens (tertiary/aromatic N) is 1. The molecule has 1 amide bonds. The number of anilines is 1. The lowest BCUT2D eigenvalue weighted by atomic mass is 10.3. The minimum Gasteiger partial charge on any atom is -0.329 e. The van der Waals surface area contributed by atoms with Gasteiger partial charge in [-0.1, -0.05) is 12.1 Å². The zero-order valence-electron chi connectivity index (χ0n) is 10.3. The first kappa shape index (κ1) is 14.0. The predicted octanol–water partition coefficient (Wildman–Crippen LogP) is 1.24. The Bertz CT molecular complexity index is 371. The van der Waals surface area contributed by atoms with Crippen LogP contribution >= 0.6 is 11.8 Å². The van der Waals surface area contributed by atoms with Crippen LogP contribution in [0.15, 0.2) is 29.2 Å². The monoisotopic (exact) mass is 253 g/mol. The second-order valence-corrected chi connectivity index (χ2v) is 4.62. The maximum Gasteiger partial charge on any atom is 0.238 e. The Morgan fingerprint density at radius 2 is 2.18 bits per heavy atom. The standard InChI is InChI=1S/C12H19N3OS/c1-15(8-7-13)9-12(16)14-10-5-3-4-6-11(10)17-2/h3-6H,7-9,13H2,1-2H3,(H,14,16). The highest BCUT2D eigenvalue weighted by molar-refractivity contribution is 7.98. The molecule has 0 fully saturated rings. The van der Waals surface area contributed by atoms with Crippen LogP contribution in [-0.4, -0.2) is 43.7 Å². The first-order chi connectivity index (χ1) is 8.17. The van der Waals surface area contributed by atoms with E-state index in [1.165, 1.54) is 0 Å². The predicted molar refractivity (Wildman–Crippen MR) is 73.4 cm³/mol. The molecule has 0 saturated carbocycles. The number of amides is 1. The highest BCUT2D eigenvalue weighted by atomic mass is 32.2. The molecule has 0 aliphatic rings. The molecular weight excluding hydrogens is 234 g/mol. The molecule has 0 heterocycles. The number of benzene rings is 1. The second-order valence-electron chi connectivity index (χ2n) is 3.77. The van der Waals surface area contributed by atoms with E-state index in [9.17, 15) is 4.79 Å². The maximum atomic E-state index is 11.8. The number of hydrogen-bond donors (Lipinski definition) is 2. The van der Waals surface area contributed by atoms with Gasteiger partial charge in [-0.05, 0) is 25.4 Å². The number of carbonyl (C=O) groups excluding carboxylic acids is 1. The lowest BCUT2D eigenvalue weighted by Gasteiger charge is -2.15. The van der Waals surface area contributed by atoms with E-state index in [0.717, 1.165) is 17.1 Å². The fourth-order valence-corrected chi connectivity index (χ4v) is 2.04. The van der Waals surface area contributed by atoms with Crippen molar-refractivity contribution in [1.29, 1.82) is 0 Å². The minimum atomic E-state index is -0.0116. The molecule has 0 bridgehead atoms. The number of thioether (sulfide) groups is 1. The van der Waals surface area contributed by atoms with Crippen molar-refractivity contribution < 1.29 is 4.79 Å². The first-order valence-electron chi connectivity index (χ1n) is 5.49. The smallest absolute Gasteiger partial charge is 0.238 e. The maximum absolute atomic E-state index is 11.8. The Labute approximate surface area is 107 Å². The summed E-state index contributed by atoms with van der Waals surface area (Å²) < 4.78 is 0. The summed E-state index contributed by atoms with van der Waals surface area (Å²) in [6.45, 7) is 1.64. The summed E-state index contributed by atoms with van der Waals surface area (Å²) >= 11 is 1.62.